The van der Waals surface area contributed by atoms with Crippen LogP contribution in [0.15, 0.2) is 22.8 Å². The van der Waals surface area contributed by atoms with Crippen LogP contribution in [-0.4, -0.2) is 12.5 Å². The number of rotatable bonds is 4. The van der Waals surface area contributed by atoms with E-state index in [1.807, 2.05) is 0 Å². The maximum Gasteiger partial charge on any atom is 0.286 e. The van der Waals surface area contributed by atoms with Gasteiger partial charge >= 0.3 is 0 Å². The van der Waals surface area contributed by atoms with E-state index in [0.29, 0.717) is 11.7 Å². The highest BCUT2D eigenvalue weighted by Gasteiger charge is 2.20. The summed E-state index contributed by atoms with van der Waals surface area (Å²) in [5.74, 6) is 1.88. The van der Waals surface area contributed by atoms with Crippen molar-refractivity contribution in [2.45, 2.75) is 39.0 Å². The largest absolute Gasteiger partial charge is 0.459 e. The fraction of sp³-hybridized carbons (Fsp3) is 0.643. The molecule has 0 bridgehead atoms. The molecule has 1 saturated carbocycles. The van der Waals surface area contributed by atoms with Gasteiger partial charge in [0.2, 0.25) is 0 Å². The summed E-state index contributed by atoms with van der Waals surface area (Å²) in [4.78, 5) is 11.7. The van der Waals surface area contributed by atoms with E-state index in [1.165, 1.54) is 38.4 Å². The highest BCUT2D eigenvalue weighted by atomic mass is 16.3. The van der Waals surface area contributed by atoms with Gasteiger partial charge in [0.25, 0.3) is 5.91 Å². The molecule has 0 spiro atoms. The van der Waals surface area contributed by atoms with Crippen molar-refractivity contribution in [2.75, 3.05) is 6.54 Å². The van der Waals surface area contributed by atoms with E-state index in [9.17, 15) is 4.79 Å². The van der Waals surface area contributed by atoms with Gasteiger partial charge in [-0.05, 0) is 36.8 Å². The predicted octanol–water partition coefficient (Wildman–Crippen LogP) is 3.23. The molecule has 1 amide bonds. The molecular weight excluding hydrogens is 214 g/mol. The molecular formula is C14H21NO2. The van der Waals surface area contributed by atoms with Crippen molar-refractivity contribution in [3.8, 4) is 0 Å². The minimum atomic E-state index is -0.0902. The molecule has 0 atom stereocenters. The van der Waals surface area contributed by atoms with Crippen molar-refractivity contribution in [3.63, 3.8) is 0 Å². The van der Waals surface area contributed by atoms with Crippen LogP contribution in [0.25, 0.3) is 0 Å². The molecule has 0 saturated heterocycles. The maximum atomic E-state index is 11.7. The Morgan fingerprint density at radius 3 is 2.65 bits per heavy atom. The lowest BCUT2D eigenvalue weighted by molar-refractivity contribution is 0.0913. The molecule has 1 aliphatic rings. The SMILES string of the molecule is CCC1CCC(CNC(=O)c2ccco2)CC1. The third-order valence-corrected chi connectivity index (χ3v) is 3.84. The Balaban J connectivity index is 1.71. The fourth-order valence-corrected chi connectivity index (χ4v) is 2.58. The molecule has 3 heteroatoms. The zero-order valence-corrected chi connectivity index (χ0v) is 10.4. The summed E-state index contributed by atoms with van der Waals surface area (Å²) in [5, 5.41) is 2.95. The topological polar surface area (TPSA) is 42.2 Å². The van der Waals surface area contributed by atoms with Gasteiger partial charge in [0, 0.05) is 6.54 Å². The lowest BCUT2D eigenvalue weighted by Gasteiger charge is -2.27. The Morgan fingerprint density at radius 2 is 2.06 bits per heavy atom. The van der Waals surface area contributed by atoms with E-state index in [-0.39, 0.29) is 5.91 Å². The summed E-state index contributed by atoms with van der Waals surface area (Å²) in [6, 6.07) is 3.44. The van der Waals surface area contributed by atoms with Crippen LogP contribution in [0.3, 0.4) is 0 Å². The van der Waals surface area contributed by atoms with E-state index in [1.54, 1.807) is 12.1 Å². The van der Waals surface area contributed by atoms with E-state index in [4.69, 9.17) is 4.42 Å². The summed E-state index contributed by atoms with van der Waals surface area (Å²) < 4.78 is 5.06. The summed E-state index contributed by atoms with van der Waals surface area (Å²) in [7, 11) is 0. The van der Waals surface area contributed by atoms with Crippen LogP contribution in [0, 0.1) is 11.8 Å². The van der Waals surface area contributed by atoms with Crippen LogP contribution >= 0.6 is 0 Å². The van der Waals surface area contributed by atoms with E-state index >= 15 is 0 Å². The molecule has 94 valence electrons. The predicted molar refractivity (Wildman–Crippen MR) is 66.8 cm³/mol. The van der Waals surface area contributed by atoms with Gasteiger partial charge in [0.1, 0.15) is 0 Å². The Labute approximate surface area is 103 Å². The monoisotopic (exact) mass is 235 g/mol. The average molecular weight is 235 g/mol. The van der Waals surface area contributed by atoms with Crippen molar-refractivity contribution in [1.29, 1.82) is 0 Å². The van der Waals surface area contributed by atoms with Crippen molar-refractivity contribution < 1.29 is 9.21 Å². The summed E-state index contributed by atoms with van der Waals surface area (Å²) >= 11 is 0. The number of hydrogen-bond acceptors (Lipinski definition) is 2. The Morgan fingerprint density at radius 1 is 1.35 bits per heavy atom. The van der Waals surface area contributed by atoms with Gasteiger partial charge in [-0.25, -0.2) is 0 Å². The number of carbonyl (C=O) groups excluding carboxylic acids is 1. The molecule has 1 heterocycles. The molecule has 0 radical (unpaired) electrons. The van der Waals surface area contributed by atoms with E-state index in [2.05, 4.69) is 12.2 Å². The Kier molecular flexibility index (Phi) is 4.24. The van der Waals surface area contributed by atoms with Crippen LogP contribution in [0.2, 0.25) is 0 Å². The summed E-state index contributed by atoms with van der Waals surface area (Å²) in [6.07, 6.45) is 7.95. The lowest BCUT2D eigenvalue weighted by Crippen LogP contribution is -2.31. The molecule has 3 nitrogen and oxygen atoms in total. The minimum Gasteiger partial charge on any atom is -0.459 e. The fourth-order valence-electron chi connectivity index (χ4n) is 2.58. The third kappa shape index (κ3) is 3.35. The second-order valence-electron chi connectivity index (χ2n) is 4.98. The van der Waals surface area contributed by atoms with Crippen LogP contribution in [-0.2, 0) is 0 Å². The van der Waals surface area contributed by atoms with Gasteiger partial charge in [-0.1, -0.05) is 26.2 Å². The molecule has 1 N–H and O–H groups in total. The van der Waals surface area contributed by atoms with Gasteiger partial charge < -0.3 is 9.73 Å². The number of hydrogen-bond donors (Lipinski definition) is 1. The van der Waals surface area contributed by atoms with E-state index < -0.39 is 0 Å². The number of amides is 1. The van der Waals surface area contributed by atoms with E-state index in [0.717, 1.165) is 12.5 Å². The molecule has 17 heavy (non-hydrogen) atoms. The first-order valence-electron chi connectivity index (χ1n) is 6.61. The standard InChI is InChI=1S/C14H21NO2/c1-2-11-5-7-12(8-6-11)10-15-14(16)13-4-3-9-17-13/h3-4,9,11-12H,2,5-8,10H2,1H3,(H,15,16). The van der Waals surface area contributed by atoms with Crippen LogP contribution in [0.1, 0.15) is 49.6 Å². The molecule has 1 aromatic rings. The highest BCUT2D eigenvalue weighted by Crippen LogP contribution is 2.30. The van der Waals surface area contributed by atoms with Gasteiger partial charge in [-0.3, -0.25) is 4.79 Å². The zero-order valence-electron chi connectivity index (χ0n) is 10.4. The molecule has 1 fully saturated rings. The third-order valence-electron chi connectivity index (χ3n) is 3.84. The molecule has 0 aliphatic heterocycles. The second-order valence-corrected chi connectivity index (χ2v) is 4.98. The first-order chi connectivity index (χ1) is 8.29. The van der Waals surface area contributed by atoms with Crippen LogP contribution < -0.4 is 5.32 Å². The Bertz CT molecular complexity index is 337. The molecule has 1 aromatic heterocycles. The Hall–Kier alpha value is -1.25. The summed E-state index contributed by atoms with van der Waals surface area (Å²) in [6.45, 7) is 3.06. The molecule has 1 aliphatic carbocycles. The van der Waals surface area contributed by atoms with Crippen molar-refractivity contribution in [2.24, 2.45) is 11.8 Å². The zero-order chi connectivity index (χ0) is 12.1. The molecule has 2 rings (SSSR count). The smallest absolute Gasteiger partial charge is 0.286 e. The summed E-state index contributed by atoms with van der Waals surface area (Å²) in [5.41, 5.74) is 0. The normalized spacial score (nSPS) is 24.5. The number of furan rings is 1. The number of carbonyl (C=O) groups is 1. The van der Waals surface area contributed by atoms with Gasteiger partial charge in [-0.2, -0.15) is 0 Å². The quantitative estimate of drug-likeness (QED) is 0.870. The van der Waals surface area contributed by atoms with Crippen LogP contribution in [0.5, 0.6) is 0 Å². The lowest BCUT2D eigenvalue weighted by atomic mass is 9.81. The van der Waals surface area contributed by atoms with Gasteiger partial charge in [0.05, 0.1) is 6.26 Å². The van der Waals surface area contributed by atoms with Crippen molar-refractivity contribution in [1.82, 2.24) is 5.32 Å². The van der Waals surface area contributed by atoms with Gasteiger partial charge in [0.15, 0.2) is 5.76 Å². The number of nitrogens with one attached hydrogen (secondary N) is 1. The highest BCUT2D eigenvalue weighted by molar-refractivity contribution is 5.91. The average Bonchev–Trinajstić information content (AvgIpc) is 2.90. The first kappa shape index (κ1) is 12.2. The second kappa shape index (κ2) is 5.89. The first-order valence-corrected chi connectivity index (χ1v) is 6.61. The van der Waals surface area contributed by atoms with Crippen LogP contribution in [0.4, 0.5) is 0 Å². The van der Waals surface area contributed by atoms with Gasteiger partial charge in [-0.15, -0.1) is 0 Å². The van der Waals surface area contributed by atoms with Crippen molar-refractivity contribution >= 4 is 5.91 Å². The van der Waals surface area contributed by atoms with Crippen molar-refractivity contribution in [3.05, 3.63) is 24.2 Å². The maximum absolute atomic E-state index is 11.7. The minimum absolute atomic E-state index is 0.0902. The molecule has 0 unspecified atom stereocenters. The molecule has 0 aromatic carbocycles.